The van der Waals surface area contributed by atoms with Crippen molar-refractivity contribution in [3.05, 3.63) is 23.8 Å². The van der Waals surface area contributed by atoms with E-state index in [1.54, 1.807) is 10.7 Å². The van der Waals surface area contributed by atoms with Crippen LogP contribution in [0.3, 0.4) is 0 Å². The van der Waals surface area contributed by atoms with E-state index in [-0.39, 0.29) is 6.04 Å². The van der Waals surface area contributed by atoms with Crippen LogP contribution in [0.15, 0.2) is 12.4 Å². The first-order valence-electron chi connectivity index (χ1n) is 4.67. The van der Waals surface area contributed by atoms with Crippen molar-refractivity contribution >= 4 is 5.78 Å². The van der Waals surface area contributed by atoms with Crippen molar-refractivity contribution in [2.75, 3.05) is 0 Å². The predicted octanol–water partition coefficient (Wildman–Crippen LogP) is 0.706. The Labute approximate surface area is 82.0 Å². The molecule has 5 heteroatoms. The molecule has 0 spiro atoms. The summed E-state index contributed by atoms with van der Waals surface area (Å²) >= 11 is 0. The van der Waals surface area contributed by atoms with E-state index in [1.165, 1.54) is 0 Å². The standard InChI is InChI=1S/C9H13N5/c1-3-8-12-9-11-4-7(6(2)10)5-14(9)13-8/h4-6H,3,10H2,1-2H3. The zero-order chi connectivity index (χ0) is 10.1. The Morgan fingerprint density at radius 3 is 3.00 bits per heavy atom. The number of aryl methyl sites for hydroxylation is 1. The van der Waals surface area contributed by atoms with E-state index in [0.29, 0.717) is 5.78 Å². The lowest BCUT2D eigenvalue weighted by atomic mass is 10.2. The number of hydrogen-bond acceptors (Lipinski definition) is 4. The van der Waals surface area contributed by atoms with Crippen molar-refractivity contribution < 1.29 is 0 Å². The van der Waals surface area contributed by atoms with E-state index in [0.717, 1.165) is 17.8 Å². The second-order valence-electron chi connectivity index (χ2n) is 3.30. The van der Waals surface area contributed by atoms with Gasteiger partial charge in [-0.1, -0.05) is 6.92 Å². The Balaban J connectivity index is 2.54. The highest BCUT2D eigenvalue weighted by Crippen LogP contribution is 2.08. The maximum atomic E-state index is 5.74. The Morgan fingerprint density at radius 1 is 1.57 bits per heavy atom. The largest absolute Gasteiger partial charge is 0.324 e. The summed E-state index contributed by atoms with van der Waals surface area (Å²) in [6, 6.07) is -0.0267. The van der Waals surface area contributed by atoms with Gasteiger partial charge in [-0.25, -0.2) is 9.50 Å². The molecule has 1 atom stereocenters. The normalized spacial score (nSPS) is 13.4. The summed E-state index contributed by atoms with van der Waals surface area (Å²) in [4.78, 5) is 8.41. The molecule has 74 valence electrons. The van der Waals surface area contributed by atoms with Crippen LogP contribution in [0, 0.1) is 0 Å². The third-order valence-corrected chi connectivity index (χ3v) is 2.10. The first-order chi connectivity index (χ1) is 6.70. The zero-order valence-corrected chi connectivity index (χ0v) is 8.31. The fourth-order valence-electron chi connectivity index (χ4n) is 1.22. The molecule has 0 aliphatic rings. The SMILES string of the molecule is CCc1nc2ncc(C(C)N)cn2n1. The predicted molar refractivity (Wildman–Crippen MR) is 52.8 cm³/mol. The number of aromatic nitrogens is 4. The summed E-state index contributed by atoms with van der Waals surface area (Å²) in [5, 5.41) is 4.26. The second kappa shape index (κ2) is 3.34. The molecular formula is C9H13N5. The molecule has 2 heterocycles. The van der Waals surface area contributed by atoms with Gasteiger partial charge in [0.15, 0.2) is 5.82 Å². The number of nitrogens with two attached hydrogens (primary N) is 1. The molecule has 0 amide bonds. The number of hydrogen-bond donors (Lipinski definition) is 1. The van der Waals surface area contributed by atoms with E-state index in [4.69, 9.17) is 5.73 Å². The maximum absolute atomic E-state index is 5.74. The van der Waals surface area contributed by atoms with E-state index in [2.05, 4.69) is 15.1 Å². The lowest BCUT2D eigenvalue weighted by molar-refractivity contribution is 0.782. The molecule has 2 aromatic rings. The third-order valence-electron chi connectivity index (χ3n) is 2.10. The van der Waals surface area contributed by atoms with Gasteiger partial charge in [0.1, 0.15) is 0 Å². The van der Waals surface area contributed by atoms with Gasteiger partial charge in [0.2, 0.25) is 0 Å². The Bertz CT molecular complexity index is 445. The molecule has 0 bridgehead atoms. The molecule has 0 saturated heterocycles. The summed E-state index contributed by atoms with van der Waals surface area (Å²) in [6.45, 7) is 3.93. The van der Waals surface area contributed by atoms with Crippen molar-refractivity contribution in [1.82, 2.24) is 19.6 Å². The topological polar surface area (TPSA) is 69.1 Å². The minimum absolute atomic E-state index is 0.0267. The molecule has 5 nitrogen and oxygen atoms in total. The van der Waals surface area contributed by atoms with Crippen LogP contribution in [0.5, 0.6) is 0 Å². The lowest BCUT2D eigenvalue weighted by Crippen LogP contribution is -2.07. The van der Waals surface area contributed by atoms with Crippen LogP contribution in [-0.4, -0.2) is 19.6 Å². The minimum Gasteiger partial charge on any atom is -0.324 e. The molecule has 14 heavy (non-hydrogen) atoms. The van der Waals surface area contributed by atoms with Gasteiger partial charge >= 0.3 is 0 Å². The highest BCUT2D eigenvalue weighted by molar-refractivity contribution is 5.28. The van der Waals surface area contributed by atoms with E-state index in [1.807, 2.05) is 20.0 Å². The quantitative estimate of drug-likeness (QED) is 0.758. The van der Waals surface area contributed by atoms with E-state index < -0.39 is 0 Å². The zero-order valence-electron chi connectivity index (χ0n) is 8.31. The highest BCUT2D eigenvalue weighted by Gasteiger charge is 2.05. The highest BCUT2D eigenvalue weighted by atomic mass is 15.3. The molecule has 0 saturated carbocycles. The van der Waals surface area contributed by atoms with Crippen molar-refractivity contribution in [2.45, 2.75) is 26.3 Å². The van der Waals surface area contributed by atoms with E-state index >= 15 is 0 Å². The maximum Gasteiger partial charge on any atom is 0.252 e. The summed E-state index contributed by atoms with van der Waals surface area (Å²) in [5.41, 5.74) is 6.71. The molecule has 2 rings (SSSR count). The summed E-state index contributed by atoms with van der Waals surface area (Å²) < 4.78 is 1.68. The Kier molecular flexibility index (Phi) is 2.17. The smallest absolute Gasteiger partial charge is 0.252 e. The third kappa shape index (κ3) is 1.46. The van der Waals surface area contributed by atoms with Crippen LogP contribution < -0.4 is 5.73 Å². The molecule has 2 N–H and O–H groups in total. The summed E-state index contributed by atoms with van der Waals surface area (Å²) in [7, 11) is 0. The van der Waals surface area contributed by atoms with Crippen LogP contribution in [-0.2, 0) is 6.42 Å². The number of nitrogens with zero attached hydrogens (tertiary/aromatic N) is 4. The Hall–Kier alpha value is -1.49. The van der Waals surface area contributed by atoms with Gasteiger partial charge in [-0.05, 0) is 6.92 Å². The van der Waals surface area contributed by atoms with Gasteiger partial charge in [0.25, 0.3) is 5.78 Å². The lowest BCUT2D eigenvalue weighted by Gasteiger charge is -2.03. The van der Waals surface area contributed by atoms with E-state index in [9.17, 15) is 0 Å². The molecule has 0 aromatic carbocycles. The van der Waals surface area contributed by atoms with Crippen LogP contribution in [0.4, 0.5) is 0 Å². The van der Waals surface area contributed by atoms with Gasteiger partial charge in [-0.3, -0.25) is 0 Å². The van der Waals surface area contributed by atoms with Crippen molar-refractivity contribution in [3.8, 4) is 0 Å². The molecule has 0 fully saturated rings. The fraction of sp³-hybridized carbons (Fsp3) is 0.444. The number of fused-ring (bicyclic) bond motifs is 1. The van der Waals surface area contributed by atoms with Crippen molar-refractivity contribution in [2.24, 2.45) is 5.73 Å². The molecular weight excluding hydrogens is 178 g/mol. The van der Waals surface area contributed by atoms with Gasteiger partial charge in [0, 0.05) is 30.4 Å². The average molecular weight is 191 g/mol. The van der Waals surface area contributed by atoms with Crippen molar-refractivity contribution in [3.63, 3.8) is 0 Å². The first kappa shape index (κ1) is 9.08. The van der Waals surface area contributed by atoms with Crippen LogP contribution in [0.25, 0.3) is 5.78 Å². The second-order valence-corrected chi connectivity index (χ2v) is 3.30. The molecule has 0 aliphatic heterocycles. The monoisotopic (exact) mass is 191 g/mol. The van der Waals surface area contributed by atoms with Gasteiger partial charge < -0.3 is 5.73 Å². The fourth-order valence-corrected chi connectivity index (χ4v) is 1.22. The van der Waals surface area contributed by atoms with Crippen LogP contribution in [0.1, 0.15) is 31.3 Å². The van der Waals surface area contributed by atoms with Gasteiger partial charge in [-0.15, -0.1) is 5.10 Å². The molecule has 0 radical (unpaired) electrons. The van der Waals surface area contributed by atoms with Crippen LogP contribution in [0.2, 0.25) is 0 Å². The average Bonchev–Trinajstić information content (AvgIpc) is 2.58. The van der Waals surface area contributed by atoms with Crippen molar-refractivity contribution in [1.29, 1.82) is 0 Å². The summed E-state index contributed by atoms with van der Waals surface area (Å²) in [5.74, 6) is 1.44. The van der Waals surface area contributed by atoms with Crippen LogP contribution >= 0.6 is 0 Å². The van der Waals surface area contributed by atoms with Gasteiger partial charge in [0.05, 0.1) is 0 Å². The summed E-state index contributed by atoms with van der Waals surface area (Å²) in [6.07, 6.45) is 4.43. The first-order valence-corrected chi connectivity index (χ1v) is 4.67. The molecule has 0 aliphatic carbocycles. The minimum atomic E-state index is -0.0267. The molecule has 2 aromatic heterocycles. The van der Waals surface area contributed by atoms with Gasteiger partial charge in [-0.2, -0.15) is 4.98 Å². The molecule has 1 unspecified atom stereocenters. The Morgan fingerprint density at radius 2 is 2.36 bits per heavy atom. The number of rotatable bonds is 2.